The topological polar surface area (TPSA) is 120 Å². The van der Waals surface area contributed by atoms with Crippen molar-refractivity contribution < 1.29 is 23.9 Å². The van der Waals surface area contributed by atoms with Gasteiger partial charge in [0.15, 0.2) is 0 Å². The smallest absolute Gasteiger partial charge is 0.322 e. The summed E-state index contributed by atoms with van der Waals surface area (Å²) in [5, 5.41) is 8.93. The molecule has 0 aromatic heterocycles. The van der Waals surface area contributed by atoms with Gasteiger partial charge in [0.1, 0.15) is 12.6 Å². The summed E-state index contributed by atoms with van der Waals surface area (Å²) < 4.78 is 5.15. The Kier molecular flexibility index (Phi) is 7.52. The summed E-state index contributed by atoms with van der Waals surface area (Å²) in [6, 6.07) is 11.9. The molecule has 0 saturated carbocycles. The monoisotopic (exact) mass is 499 g/mol. The minimum Gasteiger partial charge on any atom is -0.370 e. The molecule has 0 aliphatic carbocycles. The van der Waals surface area contributed by atoms with E-state index in [9.17, 15) is 19.2 Å². The van der Waals surface area contributed by atoms with Crippen molar-refractivity contribution in [3.63, 3.8) is 0 Å². The number of amides is 5. The predicted octanol–water partition coefficient (Wildman–Crippen LogP) is 2.45. The van der Waals surface area contributed by atoms with Crippen LogP contribution in [0.4, 0.5) is 21.9 Å². The molecule has 35 heavy (non-hydrogen) atoms. The van der Waals surface area contributed by atoms with Crippen molar-refractivity contribution in [2.24, 2.45) is 0 Å². The van der Waals surface area contributed by atoms with Gasteiger partial charge in [-0.05, 0) is 55.0 Å². The highest BCUT2D eigenvalue weighted by Crippen LogP contribution is 2.24. The van der Waals surface area contributed by atoms with Crippen molar-refractivity contribution in [3.8, 4) is 0 Å². The fraction of sp³-hybridized carbons (Fsp3) is 0.333. The number of hydrogen-bond acceptors (Lipinski definition) is 5. The number of nitrogens with zero attached hydrogens (tertiary/aromatic N) is 2. The van der Waals surface area contributed by atoms with Crippen molar-refractivity contribution in [2.45, 2.75) is 25.4 Å². The van der Waals surface area contributed by atoms with E-state index in [4.69, 9.17) is 16.3 Å². The van der Waals surface area contributed by atoms with Gasteiger partial charge in [-0.2, -0.15) is 0 Å². The zero-order valence-corrected chi connectivity index (χ0v) is 19.9. The van der Waals surface area contributed by atoms with Crippen LogP contribution in [0.3, 0.4) is 0 Å². The van der Waals surface area contributed by atoms with Crippen LogP contribution in [0.5, 0.6) is 0 Å². The Morgan fingerprint density at radius 2 is 1.66 bits per heavy atom. The molecule has 0 spiro atoms. The molecule has 0 unspecified atom stereocenters. The molecule has 2 fully saturated rings. The average molecular weight is 500 g/mol. The van der Waals surface area contributed by atoms with Gasteiger partial charge in [0, 0.05) is 48.1 Å². The van der Waals surface area contributed by atoms with Crippen molar-refractivity contribution in [3.05, 3.63) is 53.6 Å². The summed E-state index contributed by atoms with van der Waals surface area (Å²) in [6.45, 7) is 2.56. The lowest BCUT2D eigenvalue weighted by molar-refractivity contribution is -0.125. The predicted molar refractivity (Wildman–Crippen MR) is 131 cm³/mol. The number of halogens is 1. The second-order valence-corrected chi connectivity index (χ2v) is 8.81. The highest BCUT2D eigenvalue weighted by molar-refractivity contribution is 6.30. The number of anilines is 3. The van der Waals surface area contributed by atoms with E-state index in [1.165, 1.54) is 11.8 Å². The standard InChI is InChI=1S/C24H26ClN5O5/c1-15(31)26-19-12-21(30(13-19)24(34)28-18-4-2-16(25)3-5-18)23(33)27-17-6-8-20(9-7-17)29-10-11-35-14-22(29)32/h2-9,19,21H,10-14H2,1H3,(H,26,31)(H,27,33)(H,28,34)/t19-,21+/m1/s1. The van der Waals surface area contributed by atoms with Crippen LogP contribution < -0.4 is 20.9 Å². The van der Waals surface area contributed by atoms with Crippen molar-refractivity contribution in [1.29, 1.82) is 0 Å². The van der Waals surface area contributed by atoms with Crippen molar-refractivity contribution in [2.75, 3.05) is 41.8 Å². The molecule has 10 nitrogen and oxygen atoms in total. The molecule has 2 aliphatic heterocycles. The van der Waals surface area contributed by atoms with E-state index in [0.29, 0.717) is 35.2 Å². The van der Waals surface area contributed by atoms with Crippen LogP contribution in [0.15, 0.2) is 48.5 Å². The molecule has 2 saturated heterocycles. The zero-order valence-electron chi connectivity index (χ0n) is 19.1. The summed E-state index contributed by atoms with van der Waals surface area (Å²) in [4.78, 5) is 52.8. The number of morpholine rings is 1. The summed E-state index contributed by atoms with van der Waals surface area (Å²) in [5.41, 5.74) is 1.78. The lowest BCUT2D eigenvalue weighted by Gasteiger charge is -2.27. The maximum Gasteiger partial charge on any atom is 0.322 e. The highest BCUT2D eigenvalue weighted by Gasteiger charge is 2.40. The second kappa shape index (κ2) is 10.7. The molecule has 3 N–H and O–H groups in total. The zero-order chi connectivity index (χ0) is 24.9. The third-order valence-electron chi connectivity index (χ3n) is 5.80. The molecule has 0 bridgehead atoms. The maximum atomic E-state index is 13.2. The normalized spacial score (nSPS) is 19.9. The van der Waals surface area contributed by atoms with Crippen LogP contribution >= 0.6 is 11.6 Å². The molecule has 0 radical (unpaired) electrons. The average Bonchev–Trinajstić information content (AvgIpc) is 3.25. The first kappa shape index (κ1) is 24.5. The van der Waals surface area contributed by atoms with Gasteiger partial charge in [-0.1, -0.05) is 11.6 Å². The lowest BCUT2D eigenvalue weighted by Crippen LogP contribution is -2.45. The van der Waals surface area contributed by atoms with Gasteiger partial charge < -0.3 is 30.5 Å². The third kappa shape index (κ3) is 6.09. The Hall–Kier alpha value is -3.63. The minimum absolute atomic E-state index is 0.0452. The van der Waals surface area contributed by atoms with E-state index >= 15 is 0 Å². The molecule has 2 aromatic rings. The van der Waals surface area contributed by atoms with Crippen LogP contribution in [0.1, 0.15) is 13.3 Å². The molecular formula is C24H26ClN5O5. The third-order valence-corrected chi connectivity index (χ3v) is 6.05. The van der Waals surface area contributed by atoms with Gasteiger partial charge in [-0.25, -0.2) is 4.79 Å². The van der Waals surface area contributed by atoms with Crippen molar-refractivity contribution in [1.82, 2.24) is 10.2 Å². The summed E-state index contributed by atoms with van der Waals surface area (Å²) in [5.74, 6) is -0.730. The lowest BCUT2D eigenvalue weighted by atomic mass is 10.1. The van der Waals surface area contributed by atoms with E-state index in [1.807, 2.05) is 0 Å². The Labute approximate surface area is 207 Å². The highest BCUT2D eigenvalue weighted by atomic mass is 35.5. The van der Waals surface area contributed by atoms with Gasteiger partial charge in [-0.3, -0.25) is 14.4 Å². The Morgan fingerprint density at radius 1 is 1.00 bits per heavy atom. The number of urea groups is 1. The first-order valence-corrected chi connectivity index (χ1v) is 11.6. The minimum atomic E-state index is -0.792. The SMILES string of the molecule is CC(=O)N[C@@H]1C[C@@H](C(=O)Nc2ccc(N3CCOCC3=O)cc2)N(C(=O)Nc2ccc(Cl)cc2)C1. The largest absolute Gasteiger partial charge is 0.370 e. The van der Waals surface area contributed by atoms with E-state index in [0.717, 1.165) is 0 Å². The number of nitrogens with one attached hydrogen (secondary N) is 3. The van der Waals surface area contributed by atoms with Crippen LogP contribution in [-0.2, 0) is 19.1 Å². The quantitative estimate of drug-likeness (QED) is 0.583. The van der Waals surface area contributed by atoms with E-state index in [-0.39, 0.29) is 43.3 Å². The number of likely N-dealkylation sites (tertiary alicyclic amines) is 1. The number of carbonyl (C=O) groups is 4. The molecule has 2 heterocycles. The maximum absolute atomic E-state index is 13.2. The molecule has 2 aliphatic rings. The van der Waals surface area contributed by atoms with Gasteiger partial charge in [0.25, 0.3) is 5.91 Å². The fourth-order valence-electron chi connectivity index (χ4n) is 4.17. The van der Waals surface area contributed by atoms with Crippen LogP contribution in [0.2, 0.25) is 5.02 Å². The van der Waals surface area contributed by atoms with Gasteiger partial charge in [0.2, 0.25) is 11.8 Å². The molecule has 5 amide bonds. The molecule has 2 aromatic carbocycles. The fourth-order valence-corrected chi connectivity index (χ4v) is 4.30. The number of ether oxygens (including phenoxy) is 1. The van der Waals surface area contributed by atoms with Crippen LogP contribution in [-0.4, -0.2) is 67.0 Å². The van der Waals surface area contributed by atoms with Gasteiger partial charge in [0.05, 0.1) is 6.61 Å². The molecule has 184 valence electrons. The van der Waals surface area contributed by atoms with Crippen molar-refractivity contribution >= 4 is 52.4 Å². The summed E-state index contributed by atoms with van der Waals surface area (Å²) in [6.07, 6.45) is 0.278. The Balaban J connectivity index is 1.45. The van der Waals surface area contributed by atoms with Crippen LogP contribution in [0.25, 0.3) is 0 Å². The van der Waals surface area contributed by atoms with E-state index in [1.54, 1.807) is 53.4 Å². The van der Waals surface area contributed by atoms with Crippen LogP contribution in [0, 0.1) is 0 Å². The first-order chi connectivity index (χ1) is 16.8. The number of carbonyl (C=O) groups excluding carboxylic acids is 4. The second-order valence-electron chi connectivity index (χ2n) is 8.37. The molecular weight excluding hydrogens is 474 g/mol. The number of rotatable bonds is 5. The van der Waals surface area contributed by atoms with E-state index in [2.05, 4.69) is 16.0 Å². The molecule has 11 heteroatoms. The van der Waals surface area contributed by atoms with Gasteiger partial charge >= 0.3 is 6.03 Å². The number of hydrogen-bond donors (Lipinski definition) is 3. The summed E-state index contributed by atoms with van der Waals surface area (Å²) >= 11 is 5.90. The van der Waals surface area contributed by atoms with E-state index < -0.39 is 12.1 Å². The molecule has 2 atom stereocenters. The Morgan fingerprint density at radius 3 is 2.31 bits per heavy atom. The van der Waals surface area contributed by atoms with Gasteiger partial charge in [-0.15, -0.1) is 0 Å². The number of benzene rings is 2. The summed E-state index contributed by atoms with van der Waals surface area (Å²) in [7, 11) is 0. The first-order valence-electron chi connectivity index (χ1n) is 11.2. The Bertz CT molecular complexity index is 1110. The molecule has 4 rings (SSSR count).